The second-order valence-corrected chi connectivity index (χ2v) is 17.4. The fourth-order valence-corrected chi connectivity index (χ4v) is 9.28. The average molecular weight is 772 g/mol. The van der Waals surface area contributed by atoms with E-state index in [-0.39, 0.29) is 25.0 Å². The first kappa shape index (κ1) is 45.3. The number of carbonyl (C=O) groups is 1. The van der Waals surface area contributed by atoms with E-state index in [1.807, 2.05) is 34.6 Å². The first-order valence-electron chi connectivity index (χ1n) is 20.5. The molecule has 5 N–H and O–H groups in total. The molecule has 0 amide bonds. The van der Waals surface area contributed by atoms with Crippen molar-refractivity contribution in [2.45, 2.75) is 212 Å². The monoisotopic (exact) mass is 772 g/mol. The number of aliphatic hydroxyl groups excluding tert-OH is 3. The van der Waals surface area contributed by atoms with E-state index in [0.29, 0.717) is 18.6 Å². The van der Waals surface area contributed by atoms with Crippen LogP contribution >= 0.6 is 0 Å². The van der Waals surface area contributed by atoms with E-state index >= 15 is 0 Å². The molecule has 2 bridgehead atoms. The number of esters is 1. The molecule has 3 saturated heterocycles. The van der Waals surface area contributed by atoms with Gasteiger partial charge in [0.1, 0.15) is 41.4 Å². The van der Waals surface area contributed by atoms with Gasteiger partial charge in [-0.15, -0.1) is 0 Å². The molecule has 5 unspecified atom stereocenters. The van der Waals surface area contributed by atoms with Gasteiger partial charge in [-0.3, -0.25) is 4.79 Å². The molecule has 54 heavy (non-hydrogen) atoms. The Labute approximate surface area is 323 Å². The van der Waals surface area contributed by atoms with Crippen LogP contribution in [0.5, 0.6) is 0 Å². The highest BCUT2D eigenvalue weighted by Gasteiger charge is 2.57. The van der Waals surface area contributed by atoms with Crippen LogP contribution in [0, 0.1) is 17.8 Å². The van der Waals surface area contributed by atoms with Crippen LogP contribution < -0.4 is 5.32 Å². The van der Waals surface area contributed by atoms with E-state index in [2.05, 4.69) is 12.2 Å². The van der Waals surface area contributed by atoms with Gasteiger partial charge in [-0.2, -0.15) is 0 Å². The molecular formula is C41H73NO12. The zero-order valence-corrected chi connectivity index (χ0v) is 35.0. The number of hydrogen-bond acceptors (Lipinski definition) is 13. The van der Waals surface area contributed by atoms with Gasteiger partial charge in [0.05, 0.1) is 41.9 Å². The van der Waals surface area contributed by atoms with Crippen LogP contribution in [0.4, 0.5) is 0 Å². The van der Waals surface area contributed by atoms with Crippen LogP contribution in [-0.4, -0.2) is 124 Å². The highest BCUT2D eigenvalue weighted by atomic mass is 16.7. The van der Waals surface area contributed by atoms with Crippen molar-refractivity contribution in [3.8, 4) is 0 Å². The maximum Gasteiger partial charge on any atom is 0.311 e. The van der Waals surface area contributed by atoms with Crippen LogP contribution in [0.15, 0.2) is 11.3 Å². The summed E-state index contributed by atoms with van der Waals surface area (Å²) in [5, 5.41) is 49.1. The molecule has 0 spiro atoms. The molecule has 4 aliphatic heterocycles. The standard InChI is InChI=1S/C41H73NO12/c1-13-15-16-17-18-42-28-19-23(4)49-38(31(28)44)53-35-25(6)33(51-30-21-39(9,48-12)34(45)27(8)50-30)26(7)37(46)52-36(41(11,47)29(43)14-2)24(5)32-22(3)20-40(35,10)54-32/h23-31,33-36,38,42-45,47H,13-21H2,1-12H3/t23?,24-,25-,26+,27?,28?,29+,30-,31?,33-,34-,35+,36+,38-,39?,40-,41+/m0/s1. The third-order valence-corrected chi connectivity index (χ3v) is 12.7. The van der Waals surface area contributed by atoms with Crippen molar-refractivity contribution >= 4 is 5.97 Å². The van der Waals surface area contributed by atoms with Gasteiger partial charge in [0, 0.05) is 31.9 Å². The van der Waals surface area contributed by atoms with Gasteiger partial charge in [-0.05, 0) is 79.8 Å². The molecule has 0 aromatic carbocycles. The number of fused-ring (bicyclic) bond motifs is 2. The van der Waals surface area contributed by atoms with Gasteiger partial charge < -0.3 is 58.9 Å². The van der Waals surface area contributed by atoms with Crippen molar-refractivity contribution in [1.29, 1.82) is 0 Å². The number of hydrogen-bond donors (Lipinski definition) is 5. The summed E-state index contributed by atoms with van der Waals surface area (Å²) < 4.78 is 45.2. The SMILES string of the molecule is CCCCCCNC1CC(C)O[C@@H](O[C@@H]2[C@@H](C)[C@H](O[C@H]3CC(C)(OC)[C@@H](O)C(C)O3)[C@@H](C)C(=O)O[C@@H]([C@](C)(O)[C@H](O)CC)[C@@H](C)C3=C(C)C[C@]2(C)O3)C1O. The number of methoxy groups -OCH3 is 1. The van der Waals surface area contributed by atoms with Crippen LogP contribution in [-0.2, 0) is 38.0 Å². The fraction of sp³-hybridized carbons (Fsp3) is 0.927. The summed E-state index contributed by atoms with van der Waals surface area (Å²) in [5.74, 6) is -2.26. The molecule has 4 aliphatic rings. The van der Waals surface area contributed by atoms with Gasteiger partial charge in [0.2, 0.25) is 0 Å². The Balaban J connectivity index is 1.77. The summed E-state index contributed by atoms with van der Waals surface area (Å²) in [4.78, 5) is 14.4. The third-order valence-electron chi connectivity index (χ3n) is 12.7. The van der Waals surface area contributed by atoms with E-state index in [4.69, 9.17) is 33.2 Å². The zero-order chi connectivity index (χ0) is 40.3. The van der Waals surface area contributed by atoms with Gasteiger partial charge in [-0.25, -0.2) is 0 Å². The predicted octanol–water partition coefficient (Wildman–Crippen LogP) is 4.50. The first-order valence-corrected chi connectivity index (χ1v) is 20.5. The zero-order valence-electron chi connectivity index (χ0n) is 35.0. The molecule has 3 fully saturated rings. The maximum absolute atomic E-state index is 14.4. The smallest absolute Gasteiger partial charge is 0.311 e. The number of unbranched alkanes of at least 4 members (excludes halogenated alkanes) is 3. The van der Waals surface area contributed by atoms with E-state index in [0.717, 1.165) is 37.8 Å². The number of nitrogens with one attached hydrogen (secondary N) is 1. The molecule has 4 heterocycles. The Kier molecular flexibility index (Phi) is 15.5. The second-order valence-electron chi connectivity index (χ2n) is 17.4. The lowest BCUT2D eigenvalue weighted by molar-refractivity contribution is -0.314. The Hall–Kier alpha value is -1.39. The topological polar surface area (TPSA) is 175 Å². The molecule has 0 aliphatic carbocycles. The molecule has 13 nitrogen and oxygen atoms in total. The molecule has 0 aromatic heterocycles. The van der Waals surface area contributed by atoms with E-state index in [1.165, 1.54) is 14.0 Å². The summed E-state index contributed by atoms with van der Waals surface area (Å²) in [6.45, 7) is 21.1. The lowest BCUT2D eigenvalue weighted by Crippen LogP contribution is -2.60. The van der Waals surface area contributed by atoms with E-state index in [1.54, 1.807) is 27.7 Å². The first-order chi connectivity index (χ1) is 25.2. The predicted molar refractivity (Wildman–Crippen MR) is 202 cm³/mol. The average Bonchev–Trinajstić information content (AvgIpc) is 3.44. The molecule has 0 radical (unpaired) electrons. The fourth-order valence-electron chi connectivity index (χ4n) is 9.28. The van der Waals surface area contributed by atoms with Gasteiger partial charge in [0.25, 0.3) is 0 Å². The number of ether oxygens (including phenoxy) is 7. The Morgan fingerprint density at radius 2 is 1.70 bits per heavy atom. The summed E-state index contributed by atoms with van der Waals surface area (Å²) in [5.41, 5.74) is -2.96. The number of aliphatic hydroxyl groups is 4. The summed E-state index contributed by atoms with van der Waals surface area (Å²) >= 11 is 0. The lowest BCUT2D eigenvalue weighted by Gasteiger charge is -2.48. The minimum atomic E-state index is -1.82. The molecule has 17 atom stereocenters. The van der Waals surface area contributed by atoms with Crippen molar-refractivity contribution in [1.82, 2.24) is 5.32 Å². The molecule has 0 saturated carbocycles. The number of cyclic esters (lactones) is 1. The maximum atomic E-state index is 14.4. The molecule has 314 valence electrons. The number of carbonyl (C=O) groups excluding carboxylic acids is 1. The molecule has 4 rings (SSSR count). The van der Waals surface area contributed by atoms with Crippen molar-refractivity contribution in [2.24, 2.45) is 17.8 Å². The van der Waals surface area contributed by atoms with E-state index < -0.39 is 95.8 Å². The van der Waals surface area contributed by atoms with Gasteiger partial charge >= 0.3 is 5.97 Å². The van der Waals surface area contributed by atoms with E-state index in [9.17, 15) is 25.2 Å². The Morgan fingerprint density at radius 1 is 1.02 bits per heavy atom. The molecular weight excluding hydrogens is 698 g/mol. The number of rotatable bonds is 14. The van der Waals surface area contributed by atoms with Crippen molar-refractivity contribution < 1.29 is 58.4 Å². The molecule has 13 heteroatoms. The van der Waals surface area contributed by atoms with Gasteiger partial charge in [-0.1, -0.05) is 47.0 Å². The summed E-state index contributed by atoms with van der Waals surface area (Å²) in [7, 11) is 1.53. The van der Waals surface area contributed by atoms with Crippen LogP contribution in [0.25, 0.3) is 0 Å². The normalized spacial score (nSPS) is 43.9. The van der Waals surface area contributed by atoms with Crippen molar-refractivity contribution in [2.75, 3.05) is 13.7 Å². The Morgan fingerprint density at radius 3 is 2.33 bits per heavy atom. The van der Waals surface area contributed by atoms with Crippen molar-refractivity contribution in [3.05, 3.63) is 11.3 Å². The lowest BCUT2D eigenvalue weighted by atomic mass is 9.78. The summed E-state index contributed by atoms with van der Waals surface area (Å²) in [6, 6.07) is -0.254. The third kappa shape index (κ3) is 9.65. The highest BCUT2D eigenvalue weighted by Crippen LogP contribution is 2.48. The minimum Gasteiger partial charge on any atom is -0.488 e. The van der Waals surface area contributed by atoms with Gasteiger partial charge in [0.15, 0.2) is 12.6 Å². The molecule has 0 aromatic rings. The largest absolute Gasteiger partial charge is 0.488 e. The summed E-state index contributed by atoms with van der Waals surface area (Å²) in [6.07, 6.45) is -2.84. The Bertz CT molecular complexity index is 1260. The van der Waals surface area contributed by atoms with Crippen LogP contribution in [0.3, 0.4) is 0 Å². The van der Waals surface area contributed by atoms with Crippen LogP contribution in [0.1, 0.15) is 128 Å². The van der Waals surface area contributed by atoms with Crippen molar-refractivity contribution in [3.63, 3.8) is 0 Å². The highest BCUT2D eigenvalue weighted by molar-refractivity contribution is 5.73. The quantitative estimate of drug-likeness (QED) is 0.124. The van der Waals surface area contributed by atoms with Crippen LogP contribution in [0.2, 0.25) is 0 Å². The second kappa shape index (κ2) is 18.5. The minimum absolute atomic E-state index is 0.175.